The summed E-state index contributed by atoms with van der Waals surface area (Å²) in [6.45, 7) is 2.03. The number of rotatable bonds is 2. The number of aromatic nitrogens is 3. The van der Waals surface area contributed by atoms with Crippen LogP contribution in [0.4, 0.5) is 0 Å². The molecule has 4 heteroatoms. The minimum atomic E-state index is 0.715. The van der Waals surface area contributed by atoms with Crippen LogP contribution in [0.2, 0.25) is 5.02 Å². The summed E-state index contributed by atoms with van der Waals surface area (Å²) in [4.78, 5) is 4.43. The largest absolute Gasteiger partial charge is 0.235 e. The molecule has 0 atom stereocenters. The highest BCUT2D eigenvalue weighted by Crippen LogP contribution is 2.24. The van der Waals surface area contributed by atoms with E-state index in [-0.39, 0.29) is 0 Å². The summed E-state index contributed by atoms with van der Waals surface area (Å²) in [7, 11) is 0. The van der Waals surface area contributed by atoms with Crippen molar-refractivity contribution in [1.82, 2.24) is 14.6 Å². The number of hydrogen-bond donors (Lipinski definition) is 0. The third kappa shape index (κ3) is 2.60. The predicted molar refractivity (Wildman–Crippen MR) is 92.4 cm³/mol. The van der Waals surface area contributed by atoms with Crippen LogP contribution in [-0.4, -0.2) is 14.6 Å². The van der Waals surface area contributed by atoms with E-state index in [0.717, 1.165) is 33.7 Å². The summed E-state index contributed by atoms with van der Waals surface area (Å²) in [5.74, 6) is 0. The minimum Gasteiger partial charge on any atom is -0.235 e. The van der Waals surface area contributed by atoms with Crippen molar-refractivity contribution in [3.05, 3.63) is 77.4 Å². The number of aryl methyl sites for hydroxylation is 1. The van der Waals surface area contributed by atoms with Crippen LogP contribution >= 0.6 is 11.6 Å². The summed E-state index contributed by atoms with van der Waals surface area (Å²) in [5, 5.41) is 5.47. The molecule has 23 heavy (non-hydrogen) atoms. The van der Waals surface area contributed by atoms with E-state index < -0.39 is 0 Å². The fraction of sp³-hybridized carbons (Fsp3) is 0.0526. The van der Waals surface area contributed by atoms with Crippen molar-refractivity contribution in [3.8, 4) is 22.5 Å². The molecule has 4 rings (SSSR count). The molecule has 0 aliphatic heterocycles. The van der Waals surface area contributed by atoms with Crippen molar-refractivity contribution < 1.29 is 0 Å². The lowest BCUT2D eigenvalue weighted by Crippen LogP contribution is -1.96. The molecule has 111 valence electrons. The lowest BCUT2D eigenvalue weighted by atomic mass is 10.1. The molecule has 0 fully saturated rings. The summed E-state index contributed by atoms with van der Waals surface area (Å²) >= 11 is 5.97. The van der Waals surface area contributed by atoms with Crippen LogP contribution in [0.15, 0.2) is 60.8 Å². The standard InChI is InChI=1S/C19H13ClN3/c1-13-3-2-4-15(11-13)17-9-10-19-21-12-18(23(19)22-17)14-5-7-16(20)8-6-14/h2,4-12H,1H3. The first-order valence-corrected chi connectivity index (χ1v) is 7.68. The van der Waals surface area contributed by atoms with Crippen LogP contribution in [0, 0.1) is 13.0 Å². The Kier molecular flexibility index (Phi) is 3.36. The molecule has 0 spiro atoms. The van der Waals surface area contributed by atoms with Gasteiger partial charge in [0.1, 0.15) is 0 Å². The van der Waals surface area contributed by atoms with Crippen LogP contribution in [0.5, 0.6) is 0 Å². The lowest BCUT2D eigenvalue weighted by molar-refractivity contribution is 0.949. The number of imidazole rings is 1. The van der Waals surface area contributed by atoms with Gasteiger partial charge in [0, 0.05) is 16.1 Å². The van der Waals surface area contributed by atoms with Crippen LogP contribution in [0.1, 0.15) is 5.56 Å². The minimum absolute atomic E-state index is 0.715. The van der Waals surface area contributed by atoms with E-state index in [0.29, 0.717) is 5.02 Å². The maximum atomic E-state index is 5.97. The zero-order chi connectivity index (χ0) is 15.8. The Balaban J connectivity index is 1.88. The molecule has 0 unspecified atom stereocenters. The number of hydrogen-bond acceptors (Lipinski definition) is 2. The third-order valence-electron chi connectivity index (χ3n) is 3.74. The second-order valence-corrected chi connectivity index (χ2v) is 5.84. The summed E-state index contributed by atoms with van der Waals surface area (Å²) in [6, 6.07) is 20.8. The van der Waals surface area contributed by atoms with Gasteiger partial charge in [0.25, 0.3) is 0 Å². The SMILES string of the molecule is Cc1[c]ccc(-c2ccc3ncc(-c4ccc(Cl)cc4)n3n2)c1. The first-order chi connectivity index (χ1) is 11.2. The zero-order valence-electron chi connectivity index (χ0n) is 12.5. The Labute approximate surface area is 139 Å². The van der Waals surface area contributed by atoms with Crippen molar-refractivity contribution in [3.63, 3.8) is 0 Å². The van der Waals surface area contributed by atoms with Crippen LogP contribution < -0.4 is 0 Å². The van der Waals surface area contributed by atoms with Gasteiger partial charge in [-0.2, -0.15) is 5.10 Å². The Morgan fingerprint density at radius 2 is 1.83 bits per heavy atom. The molecule has 0 N–H and O–H groups in total. The van der Waals surface area contributed by atoms with Crippen LogP contribution in [0.3, 0.4) is 0 Å². The van der Waals surface area contributed by atoms with Gasteiger partial charge in [-0.15, -0.1) is 0 Å². The van der Waals surface area contributed by atoms with Gasteiger partial charge in [0.2, 0.25) is 0 Å². The first-order valence-electron chi connectivity index (χ1n) is 7.30. The van der Waals surface area contributed by atoms with Gasteiger partial charge in [0.15, 0.2) is 5.65 Å². The molecule has 2 heterocycles. The number of fused-ring (bicyclic) bond motifs is 1. The maximum absolute atomic E-state index is 5.97. The molecule has 1 radical (unpaired) electrons. The monoisotopic (exact) mass is 318 g/mol. The number of halogens is 1. The molecule has 0 aliphatic rings. The van der Waals surface area contributed by atoms with Gasteiger partial charge in [-0.3, -0.25) is 0 Å². The fourth-order valence-corrected chi connectivity index (χ4v) is 2.72. The molecule has 2 aromatic carbocycles. The molecule has 4 aromatic rings. The Morgan fingerprint density at radius 1 is 1.00 bits per heavy atom. The molecule has 3 nitrogen and oxygen atoms in total. The normalized spacial score (nSPS) is 11.0. The number of benzene rings is 2. The van der Waals surface area contributed by atoms with Crippen molar-refractivity contribution in [2.24, 2.45) is 0 Å². The second-order valence-electron chi connectivity index (χ2n) is 5.40. The van der Waals surface area contributed by atoms with E-state index >= 15 is 0 Å². The van der Waals surface area contributed by atoms with E-state index in [1.807, 2.05) is 66.2 Å². The van der Waals surface area contributed by atoms with Gasteiger partial charge in [-0.1, -0.05) is 35.9 Å². The Hall–Kier alpha value is -2.65. The van der Waals surface area contributed by atoms with Crippen molar-refractivity contribution in [2.75, 3.05) is 0 Å². The van der Waals surface area contributed by atoms with Gasteiger partial charge in [-0.05, 0) is 48.9 Å². The highest BCUT2D eigenvalue weighted by Gasteiger charge is 2.09. The summed E-state index contributed by atoms with van der Waals surface area (Å²) in [5.41, 5.74) is 5.86. The maximum Gasteiger partial charge on any atom is 0.154 e. The van der Waals surface area contributed by atoms with E-state index in [1.54, 1.807) is 0 Å². The molecule has 0 saturated heterocycles. The quantitative estimate of drug-likeness (QED) is 0.530. The van der Waals surface area contributed by atoms with Gasteiger partial charge >= 0.3 is 0 Å². The molecule has 2 aromatic heterocycles. The topological polar surface area (TPSA) is 30.2 Å². The van der Waals surface area contributed by atoms with E-state index in [9.17, 15) is 0 Å². The van der Waals surface area contributed by atoms with Crippen molar-refractivity contribution >= 4 is 17.2 Å². The molecule has 0 bridgehead atoms. The third-order valence-corrected chi connectivity index (χ3v) is 4.00. The summed E-state index contributed by atoms with van der Waals surface area (Å²) in [6.07, 6.45) is 1.83. The molecule has 0 aliphatic carbocycles. The van der Waals surface area contributed by atoms with Crippen LogP contribution in [-0.2, 0) is 0 Å². The zero-order valence-corrected chi connectivity index (χ0v) is 13.2. The predicted octanol–water partition coefficient (Wildman–Crippen LogP) is 4.83. The van der Waals surface area contributed by atoms with E-state index in [4.69, 9.17) is 16.7 Å². The van der Waals surface area contributed by atoms with E-state index in [2.05, 4.69) is 17.1 Å². The highest BCUT2D eigenvalue weighted by molar-refractivity contribution is 6.30. The van der Waals surface area contributed by atoms with Gasteiger partial charge < -0.3 is 0 Å². The summed E-state index contributed by atoms with van der Waals surface area (Å²) < 4.78 is 1.87. The molecule has 0 amide bonds. The van der Waals surface area contributed by atoms with E-state index in [1.165, 1.54) is 0 Å². The fourth-order valence-electron chi connectivity index (χ4n) is 2.59. The number of nitrogens with zero attached hydrogens (tertiary/aromatic N) is 3. The Bertz CT molecular complexity index is 987. The highest BCUT2D eigenvalue weighted by atomic mass is 35.5. The first kappa shape index (κ1) is 14.0. The molecule has 0 saturated carbocycles. The van der Waals surface area contributed by atoms with Gasteiger partial charge in [-0.25, -0.2) is 9.50 Å². The van der Waals surface area contributed by atoms with Gasteiger partial charge in [0.05, 0.1) is 17.6 Å². The lowest BCUT2D eigenvalue weighted by Gasteiger charge is -2.05. The average Bonchev–Trinajstić information content (AvgIpc) is 2.99. The van der Waals surface area contributed by atoms with Crippen molar-refractivity contribution in [1.29, 1.82) is 0 Å². The average molecular weight is 319 g/mol. The Morgan fingerprint density at radius 3 is 2.61 bits per heavy atom. The molecular formula is C19H13ClN3. The molecular weight excluding hydrogens is 306 g/mol. The second kappa shape index (κ2) is 5.52. The van der Waals surface area contributed by atoms with Crippen molar-refractivity contribution in [2.45, 2.75) is 6.92 Å². The van der Waals surface area contributed by atoms with Crippen LogP contribution in [0.25, 0.3) is 28.2 Å². The smallest absolute Gasteiger partial charge is 0.154 e.